The number of nitrogens with one attached hydrogen (secondary N) is 1. The van der Waals surface area contributed by atoms with Crippen molar-refractivity contribution >= 4 is 28.6 Å². The van der Waals surface area contributed by atoms with Crippen LogP contribution in [0.1, 0.15) is 16.7 Å². The summed E-state index contributed by atoms with van der Waals surface area (Å²) >= 11 is 0. The van der Waals surface area contributed by atoms with E-state index in [9.17, 15) is 18.8 Å². The lowest BCUT2D eigenvalue weighted by atomic mass is 9.99. The van der Waals surface area contributed by atoms with E-state index in [-0.39, 0.29) is 50.2 Å². The summed E-state index contributed by atoms with van der Waals surface area (Å²) in [5, 5.41) is 8.28. The number of hydrogen-bond acceptors (Lipinski definition) is 5. The fourth-order valence-corrected chi connectivity index (χ4v) is 6.31. The first kappa shape index (κ1) is 30.8. The van der Waals surface area contributed by atoms with E-state index in [1.54, 1.807) is 40.1 Å². The van der Waals surface area contributed by atoms with Gasteiger partial charge in [-0.25, -0.2) is 9.18 Å². The van der Waals surface area contributed by atoms with Crippen LogP contribution in [0.5, 0.6) is 5.75 Å². The molecule has 0 spiro atoms. The van der Waals surface area contributed by atoms with Gasteiger partial charge in [0.1, 0.15) is 23.8 Å². The molecule has 4 aromatic carbocycles. The molecule has 4 amide bonds. The van der Waals surface area contributed by atoms with Crippen LogP contribution in [0.15, 0.2) is 104 Å². The number of benzene rings is 4. The summed E-state index contributed by atoms with van der Waals surface area (Å²) in [6, 6.07) is 26.2. The zero-order chi connectivity index (χ0) is 32.2. The fourth-order valence-electron chi connectivity index (χ4n) is 6.31. The maximum Gasteiger partial charge on any atom is 0.332 e. The van der Waals surface area contributed by atoms with Gasteiger partial charge < -0.3 is 19.9 Å². The molecule has 2 heterocycles. The van der Waals surface area contributed by atoms with Gasteiger partial charge in [-0.15, -0.1) is 6.58 Å². The Morgan fingerprint density at radius 3 is 2.46 bits per heavy atom. The number of amides is 4. The van der Waals surface area contributed by atoms with Crippen molar-refractivity contribution in [3.63, 3.8) is 0 Å². The quantitative estimate of drug-likeness (QED) is 0.259. The summed E-state index contributed by atoms with van der Waals surface area (Å²) in [5.41, 5.74) is 2.60. The molecular formula is C36H36FN5O4. The minimum absolute atomic E-state index is 0.0796. The smallest absolute Gasteiger partial charge is 0.332 e. The molecule has 236 valence electrons. The van der Waals surface area contributed by atoms with Gasteiger partial charge in [-0.2, -0.15) is 5.01 Å². The second-order valence-electron chi connectivity index (χ2n) is 11.5. The number of carbonyl (C=O) groups excluding carboxylic acids is 3. The van der Waals surface area contributed by atoms with Crippen LogP contribution in [-0.2, 0) is 29.1 Å². The third-order valence-corrected chi connectivity index (χ3v) is 8.60. The Hall–Kier alpha value is -5.22. The number of fused-ring (bicyclic) bond motifs is 2. The molecule has 4 aromatic rings. The molecule has 9 nitrogen and oxygen atoms in total. The SMILES string of the molecule is C=CCN(C(=O)NCc1ccc(OC)cc1)N1CC(=O)N2[C@@H](Cc3ccc(F)cc3)C(=O)N(Cc3cccc4ccccc34)C[C@@H]21. The Kier molecular flexibility index (Phi) is 8.98. The van der Waals surface area contributed by atoms with Gasteiger partial charge in [0.05, 0.1) is 26.7 Å². The van der Waals surface area contributed by atoms with Crippen LogP contribution in [0, 0.1) is 5.82 Å². The molecule has 2 saturated heterocycles. The van der Waals surface area contributed by atoms with Crippen LogP contribution in [0.2, 0.25) is 0 Å². The number of hydrazine groups is 1. The van der Waals surface area contributed by atoms with E-state index in [0.29, 0.717) is 12.3 Å². The third kappa shape index (κ3) is 6.29. The largest absolute Gasteiger partial charge is 0.497 e. The molecule has 2 aliphatic rings. The van der Waals surface area contributed by atoms with E-state index in [4.69, 9.17) is 4.74 Å². The lowest BCUT2D eigenvalue weighted by Crippen LogP contribution is -2.66. The first-order valence-corrected chi connectivity index (χ1v) is 15.2. The van der Waals surface area contributed by atoms with Crippen molar-refractivity contribution < 1.29 is 23.5 Å². The number of nitrogens with zero attached hydrogens (tertiary/aromatic N) is 4. The second-order valence-corrected chi connectivity index (χ2v) is 11.5. The molecule has 6 rings (SSSR count). The van der Waals surface area contributed by atoms with Crippen LogP contribution in [0.25, 0.3) is 10.8 Å². The van der Waals surface area contributed by atoms with Crippen molar-refractivity contribution in [3.8, 4) is 5.75 Å². The highest BCUT2D eigenvalue weighted by Gasteiger charge is 2.52. The lowest BCUT2D eigenvalue weighted by Gasteiger charge is -2.46. The Morgan fingerprint density at radius 2 is 1.72 bits per heavy atom. The van der Waals surface area contributed by atoms with Crippen LogP contribution in [-0.4, -0.2) is 76.6 Å². The minimum atomic E-state index is -0.829. The highest BCUT2D eigenvalue weighted by molar-refractivity contribution is 5.92. The van der Waals surface area contributed by atoms with Gasteiger partial charge in [0.15, 0.2) is 0 Å². The maximum atomic E-state index is 14.2. The van der Waals surface area contributed by atoms with E-state index in [2.05, 4.69) is 11.9 Å². The van der Waals surface area contributed by atoms with Crippen LogP contribution < -0.4 is 10.1 Å². The molecule has 0 unspecified atom stereocenters. The fraction of sp³-hybridized carbons (Fsp3) is 0.250. The number of methoxy groups -OCH3 is 1. The minimum Gasteiger partial charge on any atom is -0.497 e. The zero-order valence-electron chi connectivity index (χ0n) is 25.6. The summed E-state index contributed by atoms with van der Waals surface area (Å²) in [5.74, 6) is -0.109. The van der Waals surface area contributed by atoms with Crippen molar-refractivity contribution in [2.75, 3.05) is 26.7 Å². The monoisotopic (exact) mass is 621 g/mol. The summed E-state index contributed by atoms with van der Waals surface area (Å²) in [7, 11) is 1.59. The second kappa shape index (κ2) is 13.4. The number of hydrogen-bond donors (Lipinski definition) is 1. The van der Waals surface area contributed by atoms with Crippen molar-refractivity contribution in [1.82, 2.24) is 25.1 Å². The zero-order valence-corrected chi connectivity index (χ0v) is 25.6. The molecule has 10 heteroatoms. The number of carbonyl (C=O) groups is 3. The summed E-state index contributed by atoms with van der Waals surface area (Å²) in [6.07, 6.45) is 1.22. The predicted molar refractivity (Wildman–Crippen MR) is 173 cm³/mol. The third-order valence-electron chi connectivity index (χ3n) is 8.60. The van der Waals surface area contributed by atoms with Gasteiger partial charge in [0.25, 0.3) is 0 Å². The van der Waals surface area contributed by atoms with Crippen molar-refractivity contribution in [2.24, 2.45) is 0 Å². The Bertz CT molecular complexity index is 1740. The Morgan fingerprint density at radius 1 is 1.00 bits per heavy atom. The topological polar surface area (TPSA) is 85.4 Å². The van der Waals surface area contributed by atoms with E-state index >= 15 is 0 Å². The standard InChI is InChI=1S/C36H36FN5O4/c1-3-19-40(36(45)38-21-26-13-17-30(46-2)18-14-26)41-24-34(43)42-32(20-25-11-15-29(37)16-12-25)35(44)39(23-33(41)42)22-28-9-6-8-27-7-4-5-10-31(27)28/h3-18,32-33H,1,19-24H2,2H3,(H,38,45)/t32-,33+/m0/s1. The van der Waals surface area contributed by atoms with Crippen molar-refractivity contribution in [2.45, 2.75) is 31.7 Å². The molecular weight excluding hydrogens is 585 g/mol. The predicted octanol–water partition coefficient (Wildman–Crippen LogP) is 4.72. The summed E-state index contributed by atoms with van der Waals surface area (Å²) in [6.45, 7) is 4.73. The van der Waals surface area contributed by atoms with Gasteiger partial charge in [-0.05, 0) is 51.7 Å². The Labute approximate surface area is 267 Å². The average Bonchev–Trinajstić information content (AvgIpc) is 3.40. The first-order chi connectivity index (χ1) is 22.4. The highest BCUT2D eigenvalue weighted by atomic mass is 19.1. The molecule has 1 N–H and O–H groups in total. The summed E-state index contributed by atoms with van der Waals surface area (Å²) < 4.78 is 19.0. The van der Waals surface area contributed by atoms with Gasteiger partial charge in [-0.3, -0.25) is 14.6 Å². The molecule has 46 heavy (non-hydrogen) atoms. The molecule has 0 aromatic heterocycles. The average molecular weight is 622 g/mol. The van der Waals surface area contributed by atoms with Crippen molar-refractivity contribution in [3.05, 3.63) is 126 Å². The molecule has 2 aliphatic heterocycles. The molecule has 2 fully saturated rings. The van der Waals surface area contributed by atoms with Crippen LogP contribution in [0.4, 0.5) is 9.18 Å². The lowest BCUT2D eigenvalue weighted by molar-refractivity contribution is -0.157. The number of piperazine rings is 1. The first-order valence-electron chi connectivity index (χ1n) is 15.2. The molecule has 0 saturated carbocycles. The number of urea groups is 1. The molecule has 0 radical (unpaired) electrons. The van der Waals surface area contributed by atoms with Crippen molar-refractivity contribution in [1.29, 1.82) is 0 Å². The molecule has 0 bridgehead atoms. The maximum absolute atomic E-state index is 14.2. The van der Waals surface area contributed by atoms with Gasteiger partial charge in [0, 0.05) is 19.5 Å². The summed E-state index contributed by atoms with van der Waals surface area (Å²) in [4.78, 5) is 44.9. The van der Waals surface area contributed by atoms with E-state index < -0.39 is 18.2 Å². The normalized spacial score (nSPS) is 18.0. The van der Waals surface area contributed by atoms with E-state index in [1.807, 2.05) is 66.7 Å². The van der Waals surface area contributed by atoms with Crippen LogP contribution in [0.3, 0.4) is 0 Å². The van der Waals surface area contributed by atoms with E-state index in [1.165, 1.54) is 17.1 Å². The number of rotatable bonds is 10. The number of ether oxygens (including phenoxy) is 1. The van der Waals surface area contributed by atoms with Crippen LogP contribution >= 0.6 is 0 Å². The van der Waals surface area contributed by atoms with Gasteiger partial charge in [-0.1, -0.05) is 72.8 Å². The Balaban J connectivity index is 1.30. The highest BCUT2D eigenvalue weighted by Crippen LogP contribution is 2.31. The molecule has 2 atom stereocenters. The number of halogens is 1. The molecule has 0 aliphatic carbocycles. The van der Waals surface area contributed by atoms with Gasteiger partial charge >= 0.3 is 6.03 Å². The van der Waals surface area contributed by atoms with E-state index in [0.717, 1.165) is 27.5 Å². The van der Waals surface area contributed by atoms with Gasteiger partial charge in [0.2, 0.25) is 11.8 Å².